The summed E-state index contributed by atoms with van der Waals surface area (Å²) >= 11 is 0. The third-order valence-corrected chi connectivity index (χ3v) is 3.13. The predicted octanol–water partition coefficient (Wildman–Crippen LogP) is -1.84. The molecular weight excluding hydrogens is 255 g/mol. The predicted molar refractivity (Wildman–Crippen MR) is 55.2 cm³/mol. The summed E-state index contributed by atoms with van der Waals surface area (Å²) in [5.41, 5.74) is 0. The third kappa shape index (κ3) is 2.56. The minimum absolute atomic E-state index is 0. The molecule has 2 aromatic carbocycles. The molecule has 0 heterocycles. The number of benzene rings is 2. The van der Waals surface area contributed by atoms with Gasteiger partial charge in [0, 0.05) is 16.8 Å². The molecule has 0 unspecified atom stereocenters. The molecule has 2 rings (SSSR count). The van der Waals surface area contributed by atoms with E-state index in [4.69, 9.17) is 0 Å². The van der Waals surface area contributed by atoms with E-state index >= 15 is 0 Å². The van der Waals surface area contributed by atoms with Gasteiger partial charge in [-0.1, -0.05) is 24.3 Å². The van der Waals surface area contributed by atoms with Gasteiger partial charge in [0.2, 0.25) is 0 Å². The van der Waals surface area contributed by atoms with Crippen LogP contribution in [-0.2, 0) is 10.1 Å². The average molecular weight is 262 g/mol. The Morgan fingerprint density at radius 1 is 1.00 bits per heavy atom. The second kappa shape index (κ2) is 4.83. The molecule has 0 aliphatic heterocycles. The summed E-state index contributed by atoms with van der Waals surface area (Å²) in [6.07, 6.45) is 0. The third-order valence-electron chi connectivity index (χ3n) is 2.20. The van der Waals surface area contributed by atoms with E-state index in [-0.39, 0.29) is 46.1 Å². The van der Waals surface area contributed by atoms with E-state index in [0.717, 1.165) is 6.07 Å². The maximum atomic E-state index is 11.0. The van der Waals surface area contributed by atoms with Crippen LogP contribution >= 0.6 is 0 Å². The van der Waals surface area contributed by atoms with Crippen LogP contribution in [0, 0.1) is 0 Å². The monoisotopic (exact) mass is 262 g/mol. The molecule has 0 aliphatic carbocycles. The Morgan fingerprint density at radius 2 is 1.53 bits per heavy atom. The quantitative estimate of drug-likeness (QED) is 0.465. The van der Waals surface area contributed by atoms with Crippen molar-refractivity contribution in [1.29, 1.82) is 0 Å². The molecule has 0 fully saturated rings. The Bertz CT molecular complexity index is 666. The van der Waals surface area contributed by atoms with Crippen LogP contribution in [0.4, 0.5) is 0 Å². The fourth-order valence-corrected chi connectivity index (χ4v) is 2.34. The topological polar surface area (TPSA) is 97.7 Å². The van der Waals surface area contributed by atoms with Gasteiger partial charge >= 0.3 is 29.6 Å². The summed E-state index contributed by atoms with van der Waals surface area (Å²) in [5.74, 6) is -1.02. The van der Waals surface area contributed by atoms with Gasteiger partial charge in [-0.3, -0.25) is 0 Å². The first-order chi connectivity index (χ1) is 7.41. The summed E-state index contributed by atoms with van der Waals surface area (Å²) in [6, 6.07) is 6.74. The Hall–Kier alpha value is -0.790. The van der Waals surface area contributed by atoms with Crippen molar-refractivity contribution >= 4 is 20.9 Å². The van der Waals surface area contributed by atoms with Crippen molar-refractivity contribution in [2.24, 2.45) is 0 Å². The molecule has 7 heteroatoms. The van der Waals surface area contributed by atoms with Crippen LogP contribution < -0.4 is 29.6 Å². The normalized spacial score (nSPS) is 11.1. The molecule has 0 spiro atoms. The van der Waals surface area contributed by atoms with Crippen LogP contribution in [0.25, 0.3) is 10.8 Å². The van der Waals surface area contributed by atoms with E-state index in [0.29, 0.717) is 0 Å². The van der Waals surface area contributed by atoms with Crippen LogP contribution in [0.5, 0.6) is 11.5 Å². The molecule has 0 aliphatic rings. The van der Waals surface area contributed by atoms with Crippen molar-refractivity contribution in [2.75, 3.05) is 0 Å². The van der Waals surface area contributed by atoms with Gasteiger partial charge in [0.1, 0.15) is 26.5 Å². The average Bonchev–Trinajstić information content (AvgIpc) is 2.15. The first-order valence-corrected chi connectivity index (χ1v) is 5.71. The number of fused-ring (bicyclic) bond motifs is 1. The van der Waals surface area contributed by atoms with E-state index < -0.39 is 20.8 Å². The van der Waals surface area contributed by atoms with Crippen LogP contribution in [0.1, 0.15) is 0 Å². The number of phenolic OH excluding ortho intramolecular Hbond substituents is 2. The summed E-state index contributed by atoms with van der Waals surface area (Å²) in [7, 11) is -4.79. The Labute approximate surface area is 120 Å². The van der Waals surface area contributed by atoms with Crippen molar-refractivity contribution in [3.8, 4) is 11.5 Å². The van der Waals surface area contributed by atoms with Gasteiger partial charge in [0.25, 0.3) is 0 Å². The van der Waals surface area contributed by atoms with E-state index in [1.54, 1.807) is 6.07 Å². The molecule has 2 aromatic rings. The summed E-state index contributed by atoms with van der Waals surface area (Å²) in [6.45, 7) is 0. The fourth-order valence-electron chi connectivity index (χ4n) is 1.58. The molecule has 0 saturated heterocycles. The van der Waals surface area contributed by atoms with E-state index in [1.165, 1.54) is 18.2 Å². The standard InChI is InChI=1S/C10H8O5S.Na/c11-8-5-9(12)10(16(13,14)15)7-4-2-1-3-6(7)8;/h1-5,11-12H,(H,13,14,15);/q;+1/p-1. The van der Waals surface area contributed by atoms with Gasteiger partial charge < -0.3 is 14.8 Å². The van der Waals surface area contributed by atoms with Crippen molar-refractivity contribution in [3.63, 3.8) is 0 Å². The number of phenols is 2. The first kappa shape index (κ1) is 14.3. The molecule has 0 radical (unpaired) electrons. The molecule has 0 bridgehead atoms. The van der Waals surface area contributed by atoms with Crippen molar-refractivity contribution in [2.45, 2.75) is 4.90 Å². The van der Waals surface area contributed by atoms with Gasteiger partial charge in [0.15, 0.2) is 0 Å². The SMILES string of the molecule is O=S(=O)([O-])c1c(O)cc(O)c2ccccc12.[Na+]. The Morgan fingerprint density at radius 3 is 2.06 bits per heavy atom. The van der Waals surface area contributed by atoms with Crippen LogP contribution in [0.2, 0.25) is 0 Å². The zero-order chi connectivity index (χ0) is 11.9. The zero-order valence-corrected chi connectivity index (χ0v) is 11.7. The first-order valence-electron chi connectivity index (χ1n) is 4.31. The van der Waals surface area contributed by atoms with Crippen LogP contribution in [-0.4, -0.2) is 23.2 Å². The van der Waals surface area contributed by atoms with Crippen molar-refractivity contribution in [1.82, 2.24) is 0 Å². The molecule has 0 atom stereocenters. The molecular formula is C10H7NaO5S. The van der Waals surface area contributed by atoms with Gasteiger partial charge in [0.05, 0.1) is 0 Å². The van der Waals surface area contributed by atoms with E-state index in [2.05, 4.69) is 0 Å². The number of hydrogen-bond donors (Lipinski definition) is 2. The second-order valence-corrected chi connectivity index (χ2v) is 4.56. The van der Waals surface area contributed by atoms with Crippen molar-refractivity contribution in [3.05, 3.63) is 30.3 Å². The van der Waals surface area contributed by atoms with Crippen LogP contribution in [0.3, 0.4) is 0 Å². The van der Waals surface area contributed by atoms with Crippen molar-refractivity contribution < 1.29 is 52.7 Å². The summed E-state index contributed by atoms with van der Waals surface area (Å²) < 4.78 is 32.9. The Kier molecular flexibility index (Phi) is 4.06. The molecule has 0 saturated carbocycles. The van der Waals surface area contributed by atoms with E-state index in [9.17, 15) is 23.2 Å². The summed E-state index contributed by atoms with van der Waals surface area (Å²) in [4.78, 5) is -0.708. The van der Waals surface area contributed by atoms with Gasteiger partial charge in [-0.25, -0.2) is 8.42 Å². The molecule has 5 nitrogen and oxygen atoms in total. The number of hydrogen-bond acceptors (Lipinski definition) is 5. The van der Waals surface area contributed by atoms with Crippen LogP contribution in [0.15, 0.2) is 35.2 Å². The molecule has 0 amide bonds. The van der Waals surface area contributed by atoms with Gasteiger partial charge in [-0.05, 0) is 0 Å². The smallest absolute Gasteiger partial charge is 0.744 e. The number of aromatic hydroxyl groups is 2. The zero-order valence-electron chi connectivity index (χ0n) is 8.91. The Balaban J connectivity index is 0.00000144. The molecule has 0 aromatic heterocycles. The molecule has 84 valence electrons. The van der Waals surface area contributed by atoms with E-state index in [1.807, 2.05) is 0 Å². The largest absolute Gasteiger partial charge is 1.00 e. The second-order valence-electron chi connectivity index (χ2n) is 3.24. The molecule has 17 heavy (non-hydrogen) atoms. The van der Waals surface area contributed by atoms with Gasteiger partial charge in [-0.2, -0.15) is 0 Å². The minimum atomic E-state index is -4.79. The maximum Gasteiger partial charge on any atom is 1.00 e. The number of rotatable bonds is 1. The van der Waals surface area contributed by atoms with Gasteiger partial charge in [-0.15, -0.1) is 0 Å². The molecule has 2 N–H and O–H groups in total. The minimum Gasteiger partial charge on any atom is -0.744 e. The maximum absolute atomic E-state index is 11.0. The fraction of sp³-hybridized carbons (Fsp3) is 0. The summed E-state index contributed by atoms with van der Waals surface area (Å²) in [5, 5.41) is 19.1.